The summed E-state index contributed by atoms with van der Waals surface area (Å²) in [4.78, 5) is 3.75. The number of hydrogen-bond acceptors (Lipinski definition) is 4. The fourth-order valence-corrected chi connectivity index (χ4v) is 4.93. The van der Waals surface area contributed by atoms with Crippen molar-refractivity contribution in [3.05, 3.63) is 34.5 Å². The Morgan fingerprint density at radius 2 is 2.10 bits per heavy atom. The molecule has 1 aromatic heterocycles. The number of halogens is 1. The maximum atomic E-state index is 14.3. The number of nitrogens with one attached hydrogen (secondary N) is 1. The summed E-state index contributed by atoms with van der Waals surface area (Å²) < 4.78 is 15.4. The van der Waals surface area contributed by atoms with Crippen LogP contribution in [0.2, 0.25) is 0 Å². The molecule has 0 amide bonds. The van der Waals surface area contributed by atoms with E-state index in [1.807, 2.05) is 23.9 Å². The third-order valence-corrected chi connectivity index (χ3v) is 6.01. The smallest absolute Gasteiger partial charge is 0.132 e. The van der Waals surface area contributed by atoms with Crippen LogP contribution in [0.4, 0.5) is 4.39 Å². The predicted octanol–water partition coefficient (Wildman–Crippen LogP) is 3.70. The second-order valence-electron chi connectivity index (χ2n) is 5.29. The lowest BCUT2D eigenvalue weighted by atomic mass is 10.1. The summed E-state index contributed by atoms with van der Waals surface area (Å²) in [7, 11) is 0. The van der Waals surface area contributed by atoms with Gasteiger partial charge in [-0.1, -0.05) is 13.0 Å². The zero-order chi connectivity index (χ0) is 14.7. The van der Waals surface area contributed by atoms with Crippen LogP contribution in [0.1, 0.15) is 17.4 Å². The fraction of sp³-hybridized carbons (Fsp3) is 0.500. The van der Waals surface area contributed by atoms with E-state index in [2.05, 4.69) is 17.1 Å². The zero-order valence-electron chi connectivity index (χ0n) is 12.3. The average Bonchev–Trinajstić information content (AvgIpc) is 2.85. The molecule has 2 nitrogen and oxygen atoms in total. The molecule has 1 saturated heterocycles. The Bertz CT molecular complexity index is 606. The SMILES string of the molecule is CCNCc1sc2cccc(F)c2c1CN1CCSCC1. The van der Waals surface area contributed by atoms with Gasteiger partial charge in [-0.2, -0.15) is 11.8 Å². The summed E-state index contributed by atoms with van der Waals surface area (Å²) in [6.45, 7) is 6.98. The van der Waals surface area contributed by atoms with Crippen LogP contribution in [0.15, 0.2) is 18.2 Å². The Hall–Kier alpha value is -0.620. The fourth-order valence-electron chi connectivity index (χ4n) is 2.75. The van der Waals surface area contributed by atoms with E-state index in [4.69, 9.17) is 0 Å². The molecule has 0 unspecified atom stereocenters. The van der Waals surface area contributed by atoms with Gasteiger partial charge in [0.25, 0.3) is 0 Å². The Morgan fingerprint density at radius 3 is 2.86 bits per heavy atom. The van der Waals surface area contributed by atoms with Gasteiger partial charge in [0.15, 0.2) is 0 Å². The van der Waals surface area contributed by atoms with Gasteiger partial charge in [-0.15, -0.1) is 11.3 Å². The highest BCUT2D eigenvalue weighted by molar-refractivity contribution is 7.99. The molecule has 5 heteroatoms. The minimum Gasteiger partial charge on any atom is -0.312 e. The highest BCUT2D eigenvalue weighted by Gasteiger charge is 2.19. The van der Waals surface area contributed by atoms with Gasteiger partial charge in [-0.25, -0.2) is 4.39 Å². The molecule has 21 heavy (non-hydrogen) atoms. The van der Waals surface area contributed by atoms with Crippen molar-refractivity contribution in [3.8, 4) is 0 Å². The van der Waals surface area contributed by atoms with Gasteiger partial charge in [0.05, 0.1) is 0 Å². The van der Waals surface area contributed by atoms with Crippen molar-refractivity contribution in [1.82, 2.24) is 10.2 Å². The highest BCUT2D eigenvalue weighted by atomic mass is 32.2. The van der Waals surface area contributed by atoms with E-state index in [9.17, 15) is 4.39 Å². The number of benzene rings is 1. The summed E-state index contributed by atoms with van der Waals surface area (Å²) in [5.41, 5.74) is 1.20. The van der Waals surface area contributed by atoms with Gasteiger partial charge in [-0.3, -0.25) is 4.90 Å². The van der Waals surface area contributed by atoms with Gasteiger partial charge in [0.1, 0.15) is 5.82 Å². The summed E-state index contributed by atoms with van der Waals surface area (Å²) in [5.74, 6) is 2.30. The molecule has 0 aliphatic carbocycles. The molecule has 0 radical (unpaired) electrons. The van der Waals surface area contributed by atoms with E-state index in [0.717, 1.165) is 42.8 Å². The minimum atomic E-state index is -0.0760. The molecule has 0 spiro atoms. The third-order valence-electron chi connectivity index (χ3n) is 3.87. The molecule has 1 aliphatic rings. The molecule has 0 bridgehead atoms. The Balaban J connectivity index is 1.95. The number of thioether (sulfide) groups is 1. The first-order chi connectivity index (χ1) is 10.3. The van der Waals surface area contributed by atoms with E-state index >= 15 is 0 Å². The summed E-state index contributed by atoms with van der Waals surface area (Å²) in [6, 6.07) is 5.43. The second kappa shape index (κ2) is 7.09. The molecule has 1 aliphatic heterocycles. The summed E-state index contributed by atoms with van der Waals surface area (Å²) in [5, 5.41) is 4.23. The van der Waals surface area contributed by atoms with E-state index in [1.165, 1.54) is 21.9 Å². The van der Waals surface area contributed by atoms with Gasteiger partial charge in [0, 0.05) is 52.6 Å². The first kappa shape index (κ1) is 15.3. The van der Waals surface area contributed by atoms with E-state index < -0.39 is 0 Å². The normalized spacial score (nSPS) is 16.7. The average molecular weight is 324 g/mol. The number of hydrogen-bond donors (Lipinski definition) is 1. The van der Waals surface area contributed by atoms with Gasteiger partial charge >= 0.3 is 0 Å². The quantitative estimate of drug-likeness (QED) is 0.903. The van der Waals surface area contributed by atoms with Crippen LogP contribution in [0, 0.1) is 5.82 Å². The number of rotatable bonds is 5. The Kier molecular flexibility index (Phi) is 5.16. The lowest BCUT2D eigenvalue weighted by Gasteiger charge is -2.26. The van der Waals surface area contributed by atoms with Gasteiger partial charge in [-0.05, 0) is 24.2 Å². The molecule has 2 aromatic rings. The molecule has 114 valence electrons. The van der Waals surface area contributed by atoms with E-state index in [1.54, 1.807) is 17.4 Å². The van der Waals surface area contributed by atoms with Crippen LogP contribution >= 0.6 is 23.1 Å². The number of nitrogens with zero attached hydrogens (tertiary/aromatic N) is 1. The summed E-state index contributed by atoms with van der Waals surface area (Å²) >= 11 is 3.74. The summed E-state index contributed by atoms with van der Waals surface area (Å²) in [6.07, 6.45) is 0. The van der Waals surface area contributed by atoms with Crippen LogP contribution in [-0.2, 0) is 13.1 Å². The maximum absolute atomic E-state index is 14.3. The van der Waals surface area contributed by atoms with Gasteiger partial charge in [0.2, 0.25) is 0 Å². The Morgan fingerprint density at radius 1 is 1.29 bits per heavy atom. The van der Waals surface area contributed by atoms with Crippen molar-refractivity contribution in [2.45, 2.75) is 20.0 Å². The van der Waals surface area contributed by atoms with Crippen molar-refractivity contribution < 1.29 is 4.39 Å². The van der Waals surface area contributed by atoms with Crippen LogP contribution in [0.5, 0.6) is 0 Å². The molecular formula is C16H21FN2S2. The zero-order valence-corrected chi connectivity index (χ0v) is 14.0. The molecule has 1 aromatic carbocycles. The van der Waals surface area contributed by atoms with Crippen LogP contribution < -0.4 is 5.32 Å². The number of fused-ring (bicyclic) bond motifs is 1. The highest BCUT2D eigenvalue weighted by Crippen LogP contribution is 2.34. The largest absolute Gasteiger partial charge is 0.312 e. The predicted molar refractivity (Wildman–Crippen MR) is 91.8 cm³/mol. The van der Waals surface area contributed by atoms with Crippen molar-refractivity contribution in [1.29, 1.82) is 0 Å². The first-order valence-electron chi connectivity index (χ1n) is 7.49. The van der Waals surface area contributed by atoms with Gasteiger partial charge < -0.3 is 5.32 Å². The molecule has 0 saturated carbocycles. The molecular weight excluding hydrogens is 303 g/mol. The minimum absolute atomic E-state index is 0.0760. The van der Waals surface area contributed by atoms with Crippen molar-refractivity contribution >= 4 is 33.2 Å². The number of thiophene rings is 1. The molecule has 1 N–H and O–H groups in total. The lowest BCUT2D eigenvalue weighted by Crippen LogP contribution is -2.32. The molecule has 3 rings (SSSR count). The molecule has 0 atom stereocenters. The van der Waals surface area contributed by atoms with E-state index in [0.29, 0.717) is 0 Å². The van der Waals surface area contributed by atoms with Crippen LogP contribution in [-0.4, -0.2) is 36.0 Å². The lowest BCUT2D eigenvalue weighted by molar-refractivity contribution is 0.295. The van der Waals surface area contributed by atoms with Crippen molar-refractivity contribution in [3.63, 3.8) is 0 Å². The van der Waals surface area contributed by atoms with Crippen LogP contribution in [0.25, 0.3) is 10.1 Å². The van der Waals surface area contributed by atoms with Crippen molar-refractivity contribution in [2.75, 3.05) is 31.1 Å². The van der Waals surface area contributed by atoms with E-state index in [-0.39, 0.29) is 5.82 Å². The standard InChI is InChI=1S/C16H21FN2S2/c1-2-18-10-15-12(11-19-6-8-20-9-7-19)16-13(17)4-3-5-14(16)21-15/h3-5,18H,2,6-11H2,1H3. The third kappa shape index (κ3) is 3.42. The van der Waals surface area contributed by atoms with Crippen molar-refractivity contribution in [2.24, 2.45) is 0 Å². The second-order valence-corrected chi connectivity index (χ2v) is 7.65. The molecule has 2 heterocycles. The maximum Gasteiger partial charge on any atom is 0.132 e. The van der Waals surface area contributed by atoms with Crippen LogP contribution in [0.3, 0.4) is 0 Å². The topological polar surface area (TPSA) is 15.3 Å². The first-order valence-corrected chi connectivity index (χ1v) is 9.46. The molecule has 1 fully saturated rings. The Labute approximate surface area is 133 Å². The monoisotopic (exact) mass is 324 g/mol.